The Hall–Kier alpha value is -4.60. The van der Waals surface area contributed by atoms with Gasteiger partial charge in [0, 0.05) is 12.7 Å². The monoisotopic (exact) mass is 441 g/mol. The number of nitrogens with two attached hydrogens (primary N) is 1. The van der Waals surface area contributed by atoms with Crippen LogP contribution >= 0.6 is 0 Å². The van der Waals surface area contributed by atoms with E-state index in [1.54, 1.807) is 30.9 Å². The van der Waals surface area contributed by atoms with Crippen LogP contribution in [0.1, 0.15) is 18.4 Å². The predicted octanol–water partition coefficient (Wildman–Crippen LogP) is 4.87. The summed E-state index contributed by atoms with van der Waals surface area (Å²) in [7, 11) is 1.83. The van der Waals surface area contributed by atoms with Crippen LogP contribution < -0.4 is 10.6 Å². The highest BCUT2D eigenvalue weighted by Crippen LogP contribution is 2.34. The van der Waals surface area contributed by atoms with Crippen LogP contribution in [0.5, 0.6) is 5.88 Å². The van der Waals surface area contributed by atoms with Gasteiger partial charge in [-0.1, -0.05) is 24.8 Å². The van der Waals surface area contributed by atoms with Crippen molar-refractivity contribution in [2.75, 3.05) is 17.7 Å². The van der Waals surface area contributed by atoms with E-state index in [9.17, 15) is 5.11 Å². The first-order valence-corrected chi connectivity index (χ1v) is 10.1. The summed E-state index contributed by atoms with van der Waals surface area (Å²) in [6, 6.07) is 16.6. The van der Waals surface area contributed by atoms with E-state index in [1.165, 1.54) is 4.68 Å². The number of aromatic hydroxyl groups is 1. The fraction of sp³-hybridized carbons (Fsp3) is 0.130. The SMILES string of the molecule is C=C(C)c1nc(N)nc(N(C)c2ccc(N=Nc3c(C)nn(-c4ccccc4)c3O)cc2)n1. The molecule has 10 nitrogen and oxygen atoms in total. The minimum atomic E-state index is -0.0699. The molecular formula is C23H23N9O. The first kappa shape index (κ1) is 21.6. The first-order chi connectivity index (χ1) is 15.8. The van der Waals surface area contributed by atoms with Gasteiger partial charge in [-0.05, 0) is 55.8 Å². The van der Waals surface area contributed by atoms with Crippen LogP contribution in [0.4, 0.5) is 29.0 Å². The summed E-state index contributed by atoms with van der Waals surface area (Å²) >= 11 is 0. The smallest absolute Gasteiger partial charge is 0.243 e. The van der Waals surface area contributed by atoms with Crippen LogP contribution in [-0.2, 0) is 0 Å². The van der Waals surface area contributed by atoms with Gasteiger partial charge in [0.15, 0.2) is 11.5 Å². The fourth-order valence-electron chi connectivity index (χ4n) is 3.06. The van der Waals surface area contributed by atoms with Crippen molar-refractivity contribution in [2.24, 2.45) is 10.2 Å². The largest absolute Gasteiger partial charge is 0.492 e. The van der Waals surface area contributed by atoms with Crippen molar-refractivity contribution in [2.45, 2.75) is 13.8 Å². The molecule has 10 heteroatoms. The summed E-state index contributed by atoms with van der Waals surface area (Å²) in [5.41, 5.74) is 9.55. The quantitative estimate of drug-likeness (QED) is 0.408. The van der Waals surface area contributed by atoms with Crippen molar-refractivity contribution >= 4 is 34.5 Å². The van der Waals surface area contributed by atoms with Gasteiger partial charge in [-0.3, -0.25) is 0 Å². The molecule has 4 aromatic rings. The molecular weight excluding hydrogens is 418 g/mol. The Morgan fingerprint density at radius 3 is 2.39 bits per heavy atom. The molecule has 33 heavy (non-hydrogen) atoms. The van der Waals surface area contributed by atoms with E-state index in [-0.39, 0.29) is 11.8 Å². The van der Waals surface area contributed by atoms with Gasteiger partial charge >= 0.3 is 0 Å². The van der Waals surface area contributed by atoms with Gasteiger partial charge in [0.25, 0.3) is 0 Å². The van der Waals surface area contributed by atoms with Crippen molar-refractivity contribution in [1.82, 2.24) is 24.7 Å². The highest BCUT2D eigenvalue weighted by atomic mass is 16.3. The summed E-state index contributed by atoms with van der Waals surface area (Å²) in [6.07, 6.45) is 0. The van der Waals surface area contributed by atoms with E-state index >= 15 is 0 Å². The van der Waals surface area contributed by atoms with Gasteiger partial charge in [-0.15, -0.1) is 5.11 Å². The number of aryl methyl sites for hydroxylation is 1. The number of hydrogen-bond donors (Lipinski definition) is 2. The number of benzene rings is 2. The molecule has 0 aliphatic heterocycles. The molecule has 0 radical (unpaired) electrons. The third kappa shape index (κ3) is 4.54. The van der Waals surface area contributed by atoms with Crippen LogP contribution in [0.2, 0.25) is 0 Å². The second kappa shape index (κ2) is 8.87. The second-order valence-corrected chi connectivity index (χ2v) is 7.38. The molecule has 0 amide bonds. The summed E-state index contributed by atoms with van der Waals surface area (Å²) in [5.74, 6) is 0.908. The van der Waals surface area contributed by atoms with E-state index in [4.69, 9.17) is 5.73 Å². The van der Waals surface area contributed by atoms with Crippen molar-refractivity contribution in [1.29, 1.82) is 0 Å². The van der Waals surface area contributed by atoms with E-state index in [2.05, 4.69) is 36.9 Å². The molecule has 2 heterocycles. The number of anilines is 3. The minimum Gasteiger partial charge on any atom is -0.492 e. The summed E-state index contributed by atoms with van der Waals surface area (Å²) in [5, 5.41) is 23.4. The van der Waals surface area contributed by atoms with Crippen LogP contribution in [0.3, 0.4) is 0 Å². The van der Waals surface area contributed by atoms with Crippen molar-refractivity contribution in [3.8, 4) is 11.6 Å². The third-order valence-electron chi connectivity index (χ3n) is 4.83. The zero-order chi connectivity index (χ0) is 23.5. The lowest BCUT2D eigenvalue weighted by Crippen LogP contribution is -2.15. The Morgan fingerprint density at radius 2 is 1.73 bits per heavy atom. The molecule has 0 spiro atoms. The molecule has 0 aliphatic rings. The molecule has 3 N–H and O–H groups in total. The van der Waals surface area contributed by atoms with E-state index in [0.29, 0.717) is 34.4 Å². The molecule has 0 fully saturated rings. The molecule has 2 aromatic heterocycles. The molecule has 0 atom stereocenters. The molecule has 0 aliphatic carbocycles. The lowest BCUT2D eigenvalue weighted by molar-refractivity contribution is 0.434. The number of azo groups is 1. The topological polar surface area (TPSA) is 131 Å². The fourth-order valence-corrected chi connectivity index (χ4v) is 3.06. The van der Waals surface area contributed by atoms with E-state index in [1.807, 2.05) is 49.5 Å². The third-order valence-corrected chi connectivity index (χ3v) is 4.83. The molecule has 0 unspecified atom stereocenters. The van der Waals surface area contributed by atoms with Crippen molar-refractivity contribution in [3.63, 3.8) is 0 Å². The van der Waals surface area contributed by atoms with Gasteiger partial charge < -0.3 is 15.7 Å². The Morgan fingerprint density at radius 1 is 1.03 bits per heavy atom. The molecule has 2 aromatic carbocycles. The summed E-state index contributed by atoms with van der Waals surface area (Å²) in [4.78, 5) is 14.5. The van der Waals surface area contributed by atoms with Crippen molar-refractivity contribution in [3.05, 3.63) is 72.7 Å². The van der Waals surface area contributed by atoms with E-state index < -0.39 is 0 Å². The van der Waals surface area contributed by atoms with Crippen LogP contribution in [-0.4, -0.2) is 36.9 Å². The zero-order valence-corrected chi connectivity index (χ0v) is 18.5. The lowest BCUT2D eigenvalue weighted by atomic mass is 10.2. The van der Waals surface area contributed by atoms with Gasteiger partial charge in [-0.25, -0.2) is 0 Å². The lowest BCUT2D eigenvalue weighted by Gasteiger charge is -2.17. The predicted molar refractivity (Wildman–Crippen MR) is 128 cm³/mol. The Kier molecular flexibility index (Phi) is 5.81. The normalized spacial score (nSPS) is 11.1. The number of aromatic nitrogens is 5. The Bertz CT molecular complexity index is 1330. The zero-order valence-electron chi connectivity index (χ0n) is 18.5. The number of nitrogens with zero attached hydrogens (tertiary/aromatic N) is 8. The van der Waals surface area contributed by atoms with Crippen LogP contribution in [0.25, 0.3) is 11.3 Å². The number of rotatable bonds is 6. The number of nitrogen functional groups attached to an aromatic ring is 1. The van der Waals surface area contributed by atoms with Gasteiger partial charge in [0.1, 0.15) is 0 Å². The number of hydrogen-bond acceptors (Lipinski definition) is 9. The second-order valence-electron chi connectivity index (χ2n) is 7.38. The van der Waals surface area contributed by atoms with E-state index in [0.717, 1.165) is 11.4 Å². The minimum absolute atomic E-state index is 0.0699. The standard InChI is InChI=1S/C23H23N9O/c1-14(2)20-25-22(24)27-23(26-20)31(4)17-12-10-16(11-13-17)28-29-19-15(3)30-32(21(19)33)18-8-6-5-7-9-18/h5-13,33H,1H2,2-4H3,(H2,24,25,26,27). The maximum atomic E-state index is 10.6. The highest BCUT2D eigenvalue weighted by molar-refractivity contribution is 5.62. The Labute approximate surface area is 190 Å². The average Bonchev–Trinajstić information content (AvgIpc) is 3.10. The average molecular weight is 441 g/mol. The van der Waals surface area contributed by atoms with Crippen LogP contribution in [0.15, 0.2) is 71.4 Å². The molecule has 166 valence electrons. The number of para-hydroxylation sites is 1. The highest BCUT2D eigenvalue weighted by Gasteiger charge is 2.15. The molecule has 4 rings (SSSR count). The molecule has 0 bridgehead atoms. The Balaban J connectivity index is 1.55. The summed E-state index contributed by atoms with van der Waals surface area (Å²) < 4.78 is 1.43. The molecule has 0 saturated carbocycles. The van der Waals surface area contributed by atoms with Gasteiger partial charge in [0.05, 0.1) is 17.1 Å². The maximum absolute atomic E-state index is 10.6. The van der Waals surface area contributed by atoms with Crippen LogP contribution in [0, 0.1) is 6.92 Å². The maximum Gasteiger partial charge on any atom is 0.243 e. The molecule has 0 saturated heterocycles. The van der Waals surface area contributed by atoms with Crippen molar-refractivity contribution < 1.29 is 5.11 Å². The van der Waals surface area contributed by atoms with Gasteiger partial charge in [-0.2, -0.15) is 29.8 Å². The number of allylic oxidation sites excluding steroid dienone is 1. The van der Waals surface area contributed by atoms with Gasteiger partial charge in [0.2, 0.25) is 17.8 Å². The summed E-state index contributed by atoms with van der Waals surface area (Å²) in [6.45, 7) is 7.43. The first-order valence-electron chi connectivity index (χ1n) is 10.1.